The Labute approximate surface area is 241 Å². The number of nitriles is 1. The van der Waals surface area contributed by atoms with Crippen LogP contribution in [-0.4, -0.2) is 48.0 Å². The lowest BCUT2D eigenvalue weighted by Crippen LogP contribution is -2.24. The van der Waals surface area contributed by atoms with E-state index in [1.54, 1.807) is 6.07 Å². The van der Waals surface area contributed by atoms with Gasteiger partial charge in [-0.1, -0.05) is 11.2 Å². The number of hydrogen-bond donors (Lipinski definition) is 2. The van der Waals surface area contributed by atoms with Crippen LogP contribution in [0.4, 0.5) is 30.2 Å². The third-order valence-corrected chi connectivity index (χ3v) is 6.72. The number of carboxylic acid groups (broad SMARTS) is 1. The Morgan fingerprint density at radius 3 is 2.21 bits per heavy atom. The Morgan fingerprint density at radius 1 is 0.953 bits per heavy atom. The quantitative estimate of drug-likeness (QED) is 0.305. The van der Waals surface area contributed by atoms with Crippen molar-refractivity contribution in [1.82, 2.24) is 5.16 Å². The molecule has 0 fully saturated rings. The van der Waals surface area contributed by atoms with Crippen LogP contribution in [0.15, 0.2) is 53.1 Å². The summed E-state index contributed by atoms with van der Waals surface area (Å²) in [6, 6.07) is 11.1. The molecule has 0 saturated heterocycles. The van der Waals surface area contributed by atoms with E-state index >= 15 is 0 Å². The molecule has 1 aromatic heterocycles. The van der Waals surface area contributed by atoms with E-state index in [1.807, 2.05) is 0 Å². The number of hydrogen-bond acceptors (Lipinski definition) is 7. The lowest BCUT2D eigenvalue weighted by molar-refractivity contribution is -0.137. The second kappa shape index (κ2) is 11.3. The number of carboxylic acids is 1. The number of alkyl halides is 3. The summed E-state index contributed by atoms with van der Waals surface area (Å²) in [6.45, 7) is 2.41. The predicted octanol–water partition coefficient (Wildman–Crippen LogP) is 5.30. The average Bonchev–Trinajstić information content (AvgIpc) is 3.38. The van der Waals surface area contributed by atoms with Crippen LogP contribution in [0.2, 0.25) is 0 Å². The number of rotatable bonds is 6. The number of carbonyl (C=O) groups excluding carboxylic acids is 3. The van der Waals surface area contributed by atoms with E-state index in [0.29, 0.717) is 0 Å². The van der Waals surface area contributed by atoms with E-state index in [1.165, 1.54) is 58.3 Å². The van der Waals surface area contributed by atoms with Crippen molar-refractivity contribution in [1.29, 1.82) is 5.26 Å². The number of nitrogens with one attached hydrogen (secondary N) is 1. The summed E-state index contributed by atoms with van der Waals surface area (Å²) in [5.74, 6) is -3.37. The third-order valence-electron chi connectivity index (χ3n) is 6.72. The Hall–Kier alpha value is -5.71. The molecule has 0 spiro atoms. The Balaban J connectivity index is 1.93. The zero-order chi connectivity index (χ0) is 31.8. The minimum atomic E-state index is -4.89. The van der Waals surface area contributed by atoms with Crippen molar-refractivity contribution in [3.8, 4) is 17.2 Å². The molecule has 3 aromatic carbocycles. The molecule has 0 radical (unpaired) electrons. The number of aromatic carboxylic acids is 1. The largest absolute Gasteiger partial charge is 0.478 e. The molecule has 2 N–H and O–H groups in total. The van der Waals surface area contributed by atoms with E-state index in [-0.39, 0.29) is 56.0 Å². The highest BCUT2D eigenvalue weighted by molar-refractivity contribution is 6.14. The summed E-state index contributed by atoms with van der Waals surface area (Å²) in [4.78, 5) is 51.2. The molecule has 220 valence electrons. The standard InChI is InChI=1S/C29H22F3N5O6/c1-14(38)36(3)17-6-7-18(22(10-17)29(30,31)32)19-11-21-25(12-24(19)37(4)15(2)39)43-35-26(21)27(40)34-23-8-5-16(13-33)9-20(23)28(41)42/h5-12H,1-4H3,(H,34,40)(H,41,42). The van der Waals surface area contributed by atoms with E-state index in [2.05, 4.69) is 10.5 Å². The topological polar surface area (TPSA) is 157 Å². The second-order valence-electron chi connectivity index (χ2n) is 9.41. The summed E-state index contributed by atoms with van der Waals surface area (Å²) in [5.41, 5.74) is -2.50. The van der Waals surface area contributed by atoms with Gasteiger partial charge in [0.05, 0.1) is 39.5 Å². The van der Waals surface area contributed by atoms with Gasteiger partial charge in [0.1, 0.15) is 0 Å². The number of aromatic nitrogens is 1. The number of benzene rings is 3. The fourth-order valence-electron chi connectivity index (χ4n) is 4.27. The van der Waals surface area contributed by atoms with Crippen molar-refractivity contribution < 1.29 is 42.0 Å². The molecule has 0 atom stereocenters. The molecule has 0 aliphatic carbocycles. The highest BCUT2D eigenvalue weighted by atomic mass is 19.4. The lowest BCUT2D eigenvalue weighted by Gasteiger charge is -2.23. The van der Waals surface area contributed by atoms with Crippen molar-refractivity contribution in [3.63, 3.8) is 0 Å². The summed E-state index contributed by atoms with van der Waals surface area (Å²) in [5, 5.41) is 24.7. The number of carbonyl (C=O) groups is 4. The number of anilines is 3. The van der Waals surface area contributed by atoms with Gasteiger partial charge < -0.3 is 24.7 Å². The molecule has 11 nitrogen and oxygen atoms in total. The number of halogens is 3. The SMILES string of the molecule is CC(=O)N(C)c1ccc(-c2cc3c(C(=O)Nc4ccc(C#N)cc4C(=O)O)noc3cc2N(C)C(C)=O)c(C(F)(F)F)c1. The van der Waals surface area contributed by atoms with Gasteiger partial charge in [-0.2, -0.15) is 18.4 Å². The van der Waals surface area contributed by atoms with E-state index < -0.39 is 35.4 Å². The molecule has 0 aliphatic rings. The van der Waals surface area contributed by atoms with Crippen molar-refractivity contribution >= 4 is 51.7 Å². The van der Waals surface area contributed by atoms with Gasteiger partial charge >= 0.3 is 12.1 Å². The minimum Gasteiger partial charge on any atom is -0.478 e. The number of amides is 3. The van der Waals surface area contributed by atoms with E-state index in [0.717, 1.165) is 28.0 Å². The van der Waals surface area contributed by atoms with Gasteiger partial charge in [-0.05, 0) is 42.0 Å². The first-order valence-corrected chi connectivity index (χ1v) is 12.4. The molecule has 0 aliphatic heterocycles. The molecular weight excluding hydrogens is 571 g/mol. The van der Waals surface area contributed by atoms with Gasteiger partial charge in [-0.3, -0.25) is 14.4 Å². The Bertz CT molecular complexity index is 1860. The fraction of sp³-hybridized carbons (Fsp3) is 0.172. The number of nitrogens with zero attached hydrogens (tertiary/aromatic N) is 4. The normalized spacial score (nSPS) is 11.1. The monoisotopic (exact) mass is 593 g/mol. The lowest BCUT2D eigenvalue weighted by atomic mass is 9.94. The maximum absolute atomic E-state index is 14.4. The molecular formula is C29H22F3N5O6. The molecule has 0 bridgehead atoms. The Kier molecular flexibility index (Phi) is 7.94. The van der Waals surface area contributed by atoms with Gasteiger partial charge in [-0.25, -0.2) is 4.79 Å². The van der Waals surface area contributed by atoms with Crippen LogP contribution in [0, 0.1) is 11.3 Å². The van der Waals surface area contributed by atoms with Crippen molar-refractivity contribution in [2.75, 3.05) is 29.2 Å². The molecule has 43 heavy (non-hydrogen) atoms. The smallest absolute Gasteiger partial charge is 0.417 e. The Morgan fingerprint density at radius 2 is 1.63 bits per heavy atom. The first-order valence-electron chi connectivity index (χ1n) is 12.4. The maximum atomic E-state index is 14.4. The van der Waals surface area contributed by atoms with Crippen LogP contribution in [0.5, 0.6) is 0 Å². The summed E-state index contributed by atoms with van der Waals surface area (Å²) in [6.07, 6.45) is -4.89. The molecule has 4 rings (SSSR count). The molecule has 3 amide bonds. The summed E-state index contributed by atoms with van der Waals surface area (Å²) in [7, 11) is 2.67. The van der Waals surface area contributed by atoms with E-state index in [9.17, 15) is 37.5 Å². The maximum Gasteiger partial charge on any atom is 0.417 e. The predicted molar refractivity (Wildman–Crippen MR) is 149 cm³/mol. The van der Waals surface area contributed by atoms with Crippen LogP contribution in [0.1, 0.15) is 45.8 Å². The van der Waals surface area contributed by atoms with Crippen molar-refractivity contribution in [2.45, 2.75) is 20.0 Å². The second-order valence-corrected chi connectivity index (χ2v) is 9.41. The van der Waals surface area contributed by atoms with Gasteiger partial charge in [0.15, 0.2) is 11.3 Å². The van der Waals surface area contributed by atoms with Crippen LogP contribution < -0.4 is 15.1 Å². The van der Waals surface area contributed by atoms with Crippen molar-refractivity contribution in [2.24, 2.45) is 0 Å². The van der Waals surface area contributed by atoms with Gasteiger partial charge in [-0.15, -0.1) is 0 Å². The van der Waals surface area contributed by atoms with Crippen LogP contribution >= 0.6 is 0 Å². The van der Waals surface area contributed by atoms with Crippen LogP contribution in [-0.2, 0) is 15.8 Å². The van der Waals surface area contributed by atoms with Crippen LogP contribution in [0.25, 0.3) is 22.1 Å². The molecule has 14 heteroatoms. The highest BCUT2D eigenvalue weighted by Gasteiger charge is 2.36. The van der Waals surface area contributed by atoms with Gasteiger partial charge in [0.25, 0.3) is 5.91 Å². The molecule has 4 aromatic rings. The molecule has 0 saturated carbocycles. The molecule has 0 unspecified atom stereocenters. The van der Waals surface area contributed by atoms with Gasteiger partial charge in [0.2, 0.25) is 11.8 Å². The van der Waals surface area contributed by atoms with Crippen LogP contribution in [0.3, 0.4) is 0 Å². The first-order chi connectivity index (χ1) is 20.1. The van der Waals surface area contributed by atoms with Crippen molar-refractivity contribution in [3.05, 3.63) is 70.9 Å². The fourth-order valence-corrected chi connectivity index (χ4v) is 4.27. The van der Waals surface area contributed by atoms with Gasteiger partial charge in [0, 0.05) is 45.3 Å². The van der Waals surface area contributed by atoms with E-state index in [4.69, 9.17) is 9.78 Å². The average molecular weight is 594 g/mol. The summed E-state index contributed by atoms with van der Waals surface area (Å²) < 4.78 is 48.4. The third kappa shape index (κ3) is 5.87. The zero-order valence-electron chi connectivity index (χ0n) is 23.0. The summed E-state index contributed by atoms with van der Waals surface area (Å²) >= 11 is 0. The minimum absolute atomic E-state index is 0.0153. The zero-order valence-corrected chi connectivity index (χ0v) is 23.0. The first kappa shape index (κ1) is 30.3. The number of fused-ring (bicyclic) bond motifs is 1. The highest BCUT2D eigenvalue weighted by Crippen LogP contribution is 2.44. The molecule has 1 heterocycles.